The predicted molar refractivity (Wildman–Crippen MR) is 71.8 cm³/mol. The Balaban J connectivity index is 2.48. The van der Waals surface area contributed by atoms with Crippen molar-refractivity contribution in [2.45, 2.75) is 52.0 Å². The van der Waals surface area contributed by atoms with Crippen molar-refractivity contribution in [2.75, 3.05) is 27.2 Å². The molecule has 1 fully saturated rings. The lowest BCUT2D eigenvalue weighted by atomic mass is 9.76. The third kappa shape index (κ3) is 4.42. The number of likely N-dealkylation sites (N-methyl/N-ethyl adjacent to an activating group) is 2. The van der Waals surface area contributed by atoms with E-state index in [1.54, 1.807) is 0 Å². The van der Waals surface area contributed by atoms with Crippen LogP contribution in [0.1, 0.15) is 46.0 Å². The van der Waals surface area contributed by atoms with Crippen LogP contribution in [0.15, 0.2) is 0 Å². The number of hydrogen-bond acceptors (Lipinski definition) is 2. The Morgan fingerprint density at radius 2 is 2.00 bits per heavy atom. The Morgan fingerprint density at radius 1 is 1.25 bits per heavy atom. The van der Waals surface area contributed by atoms with Crippen molar-refractivity contribution in [3.63, 3.8) is 0 Å². The van der Waals surface area contributed by atoms with Gasteiger partial charge >= 0.3 is 0 Å². The first kappa shape index (κ1) is 14.0. The Labute approximate surface area is 102 Å². The van der Waals surface area contributed by atoms with Crippen LogP contribution in [0.25, 0.3) is 0 Å². The quantitative estimate of drug-likeness (QED) is 0.749. The third-order valence-corrected chi connectivity index (χ3v) is 4.00. The molecule has 0 aliphatic heterocycles. The molecule has 1 saturated carbocycles. The molecule has 96 valence electrons. The van der Waals surface area contributed by atoms with Gasteiger partial charge in [-0.15, -0.1) is 0 Å². The van der Waals surface area contributed by atoms with Crippen molar-refractivity contribution in [2.24, 2.45) is 11.8 Å². The fourth-order valence-corrected chi connectivity index (χ4v) is 3.10. The van der Waals surface area contributed by atoms with Crippen LogP contribution in [0.2, 0.25) is 0 Å². The molecule has 0 radical (unpaired) electrons. The molecular formula is C14H30N2. The van der Waals surface area contributed by atoms with Crippen LogP contribution < -0.4 is 5.32 Å². The van der Waals surface area contributed by atoms with E-state index in [1.807, 2.05) is 0 Å². The van der Waals surface area contributed by atoms with E-state index in [9.17, 15) is 0 Å². The first-order chi connectivity index (χ1) is 7.67. The number of rotatable bonds is 6. The molecule has 0 aromatic carbocycles. The zero-order valence-electron chi connectivity index (χ0n) is 11.6. The molecule has 2 heteroatoms. The summed E-state index contributed by atoms with van der Waals surface area (Å²) in [6.07, 6.45) is 7.16. The van der Waals surface area contributed by atoms with E-state index in [0.29, 0.717) is 6.04 Å². The van der Waals surface area contributed by atoms with Crippen molar-refractivity contribution in [1.82, 2.24) is 10.2 Å². The fraction of sp³-hybridized carbons (Fsp3) is 1.00. The zero-order valence-corrected chi connectivity index (χ0v) is 11.6. The highest BCUT2D eigenvalue weighted by Gasteiger charge is 2.27. The van der Waals surface area contributed by atoms with Crippen molar-refractivity contribution < 1.29 is 0 Å². The van der Waals surface area contributed by atoms with Gasteiger partial charge in [0.1, 0.15) is 0 Å². The summed E-state index contributed by atoms with van der Waals surface area (Å²) in [4.78, 5) is 2.32. The van der Waals surface area contributed by atoms with Crippen molar-refractivity contribution >= 4 is 0 Å². The van der Waals surface area contributed by atoms with Gasteiger partial charge in [-0.05, 0) is 45.3 Å². The van der Waals surface area contributed by atoms with E-state index in [0.717, 1.165) is 18.4 Å². The maximum atomic E-state index is 3.69. The second kappa shape index (κ2) is 7.29. The monoisotopic (exact) mass is 226 g/mol. The van der Waals surface area contributed by atoms with E-state index in [-0.39, 0.29) is 0 Å². The molecule has 1 N–H and O–H groups in total. The minimum Gasteiger partial charge on any atom is -0.313 e. The van der Waals surface area contributed by atoms with Crippen LogP contribution in [0.5, 0.6) is 0 Å². The molecule has 3 unspecified atom stereocenters. The molecule has 0 aromatic heterocycles. The molecule has 0 saturated heterocycles. The second-order valence-corrected chi connectivity index (χ2v) is 5.63. The molecule has 2 nitrogen and oxygen atoms in total. The summed E-state index contributed by atoms with van der Waals surface area (Å²) in [5.41, 5.74) is 0. The van der Waals surface area contributed by atoms with Gasteiger partial charge in [0.05, 0.1) is 0 Å². The number of hydrogen-bond donors (Lipinski definition) is 1. The molecular weight excluding hydrogens is 196 g/mol. The number of nitrogens with one attached hydrogen (secondary N) is 1. The van der Waals surface area contributed by atoms with E-state index < -0.39 is 0 Å². The van der Waals surface area contributed by atoms with Crippen molar-refractivity contribution in [1.29, 1.82) is 0 Å². The maximum absolute atomic E-state index is 3.69. The standard InChI is InChI=1S/C14H30N2/c1-5-12-8-7-9-13(10-12)14(15-6-2)11-16(3)4/h12-15H,5-11H2,1-4H3. The molecule has 0 aromatic rings. The van der Waals surface area contributed by atoms with Gasteiger partial charge in [0.25, 0.3) is 0 Å². The lowest BCUT2D eigenvalue weighted by Crippen LogP contribution is -2.45. The van der Waals surface area contributed by atoms with Gasteiger partial charge in [0, 0.05) is 12.6 Å². The predicted octanol–water partition coefficient (Wildman–Crippen LogP) is 2.74. The summed E-state index contributed by atoms with van der Waals surface area (Å²) in [6.45, 7) is 6.87. The van der Waals surface area contributed by atoms with Crippen molar-refractivity contribution in [3.8, 4) is 0 Å². The summed E-state index contributed by atoms with van der Waals surface area (Å²) in [5, 5.41) is 3.69. The fourth-order valence-electron chi connectivity index (χ4n) is 3.10. The topological polar surface area (TPSA) is 15.3 Å². The molecule has 1 aliphatic rings. The van der Waals surface area contributed by atoms with Crippen molar-refractivity contribution in [3.05, 3.63) is 0 Å². The molecule has 0 spiro atoms. The third-order valence-electron chi connectivity index (χ3n) is 4.00. The molecule has 0 amide bonds. The lowest BCUT2D eigenvalue weighted by Gasteiger charge is -2.36. The van der Waals surface area contributed by atoms with E-state index in [2.05, 4.69) is 38.2 Å². The summed E-state index contributed by atoms with van der Waals surface area (Å²) in [5.74, 6) is 1.89. The Bertz CT molecular complexity index is 180. The molecule has 16 heavy (non-hydrogen) atoms. The summed E-state index contributed by atoms with van der Waals surface area (Å²) < 4.78 is 0. The van der Waals surface area contributed by atoms with Gasteiger partial charge in [0.15, 0.2) is 0 Å². The van der Waals surface area contributed by atoms with Crippen LogP contribution in [0.4, 0.5) is 0 Å². The Morgan fingerprint density at radius 3 is 2.56 bits per heavy atom. The van der Waals surface area contributed by atoms with E-state index in [4.69, 9.17) is 0 Å². The first-order valence-corrected chi connectivity index (χ1v) is 7.05. The van der Waals surface area contributed by atoms with Gasteiger partial charge in [-0.1, -0.05) is 33.1 Å². The van der Waals surface area contributed by atoms with Crippen LogP contribution in [0, 0.1) is 11.8 Å². The molecule has 3 atom stereocenters. The van der Waals surface area contributed by atoms with Crippen LogP contribution in [-0.2, 0) is 0 Å². The highest BCUT2D eigenvalue weighted by molar-refractivity contribution is 4.83. The van der Waals surface area contributed by atoms with Crippen LogP contribution >= 0.6 is 0 Å². The average Bonchev–Trinajstić information content (AvgIpc) is 2.28. The summed E-state index contributed by atoms with van der Waals surface area (Å²) in [7, 11) is 4.37. The van der Waals surface area contributed by atoms with E-state index in [1.165, 1.54) is 38.6 Å². The van der Waals surface area contributed by atoms with E-state index >= 15 is 0 Å². The highest BCUT2D eigenvalue weighted by atomic mass is 15.1. The normalized spacial score (nSPS) is 28.3. The minimum atomic E-state index is 0.703. The average molecular weight is 226 g/mol. The molecule has 1 rings (SSSR count). The molecule has 0 heterocycles. The largest absolute Gasteiger partial charge is 0.313 e. The highest BCUT2D eigenvalue weighted by Crippen LogP contribution is 2.33. The van der Waals surface area contributed by atoms with Crippen LogP contribution in [0.3, 0.4) is 0 Å². The Kier molecular flexibility index (Phi) is 6.37. The van der Waals surface area contributed by atoms with Gasteiger partial charge in [-0.3, -0.25) is 0 Å². The van der Waals surface area contributed by atoms with Gasteiger partial charge in [-0.25, -0.2) is 0 Å². The number of nitrogens with zero attached hydrogens (tertiary/aromatic N) is 1. The van der Waals surface area contributed by atoms with Gasteiger partial charge < -0.3 is 10.2 Å². The lowest BCUT2D eigenvalue weighted by molar-refractivity contribution is 0.183. The minimum absolute atomic E-state index is 0.703. The molecule has 0 bridgehead atoms. The summed E-state index contributed by atoms with van der Waals surface area (Å²) in [6, 6.07) is 0.703. The molecule has 1 aliphatic carbocycles. The van der Waals surface area contributed by atoms with Crippen LogP contribution in [-0.4, -0.2) is 38.1 Å². The smallest absolute Gasteiger partial charge is 0.0222 e. The van der Waals surface area contributed by atoms with Gasteiger partial charge in [-0.2, -0.15) is 0 Å². The Hall–Kier alpha value is -0.0800. The zero-order chi connectivity index (χ0) is 12.0. The first-order valence-electron chi connectivity index (χ1n) is 7.05. The van der Waals surface area contributed by atoms with Gasteiger partial charge in [0.2, 0.25) is 0 Å². The maximum Gasteiger partial charge on any atom is 0.0222 e. The SMILES string of the molecule is CCNC(CN(C)C)C1CCCC(CC)C1. The summed E-state index contributed by atoms with van der Waals surface area (Å²) >= 11 is 0. The second-order valence-electron chi connectivity index (χ2n) is 5.63.